The molecule has 4 heterocycles. The number of piperidine rings is 1. The molecule has 1 saturated heterocycles. The maximum atomic E-state index is 15.3. The summed E-state index contributed by atoms with van der Waals surface area (Å²) in [4.78, 5) is 36.4. The van der Waals surface area contributed by atoms with Gasteiger partial charge in [-0.3, -0.25) is 9.78 Å². The third-order valence-electron chi connectivity index (χ3n) is 10.1. The van der Waals surface area contributed by atoms with E-state index in [1.165, 1.54) is 36.7 Å². The van der Waals surface area contributed by atoms with Crippen LogP contribution in [0.1, 0.15) is 63.2 Å². The van der Waals surface area contributed by atoms with Crippen LogP contribution in [-0.2, 0) is 28.2 Å². The first-order valence-corrected chi connectivity index (χ1v) is 17.8. The van der Waals surface area contributed by atoms with Gasteiger partial charge in [0.2, 0.25) is 0 Å². The van der Waals surface area contributed by atoms with Gasteiger partial charge in [-0.2, -0.15) is 21.6 Å². The van der Waals surface area contributed by atoms with Crippen molar-refractivity contribution in [1.82, 2.24) is 24.5 Å². The predicted octanol–water partition coefficient (Wildman–Crippen LogP) is 6.17. The van der Waals surface area contributed by atoms with Crippen molar-refractivity contribution >= 4 is 39.1 Å². The van der Waals surface area contributed by atoms with Gasteiger partial charge in [0.25, 0.3) is 5.91 Å². The van der Waals surface area contributed by atoms with Crippen LogP contribution >= 0.6 is 11.6 Å². The van der Waals surface area contributed by atoms with E-state index in [2.05, 4.69) is 20.6 Å². The van der Waals surface area contributed by atoms with Crippen molar-refractivity contribution in [1.29, 1.82) is 0 Å². The van der Waals surface area contributed by atoms with Gasteiger partial charge in [-0.15, -0.1) is 3.89 Å². The Labute approximate surface area is 290 Å². The topological polar surface area (TPSA) is 118 Å². The summed E-state index contributed by atoms with van der Waals surface area (Å²) in [6.07, 6.45) is 0.0809. The quantitative estimate of drug-likeness (QED) is 0.133. The monoisotopic (exact) mass is 728 g/mol. The second-order valence-electron chi connectivity index (χ2n) is 12.8. The van der Waals surface area contributed by atoms with Crippen LogP contribution in [0.4, 0.5) is 23.2 Å². The minimum atomic E-state index is -4.72. The molecule has 2 aliphatic heterocycles. The molecule has 2 aromatic heterocycles. The number of amides is 2. The summed E-state index contributed by atoms with van der Waals surface area (Å²) in [5.74, 6) is -2.40. The molecule has 7 rings (SSSR count). The molecule has 1 spiro atoms. The average Bonchev–Trinajstić information content (AvgIpc) is 3.91. The first-order valence-electron chi connectivity index (χ1n) is 16.0. The molecule has 50 heavy (non-hydrogen) atoms. The SMILES string of the molecule is O=C(NCc1ncccc1C(F)(F)F)c1ccc2c(c1)C1(CCNCC1)C(C1CC1)[N+]2(C(=O)c1cccnc1Cl)S(=O)(=O)c1ccc(F)cc1. The van der Waals surface area contributed by atoms with Crippen LogP contribution < -0.4 is 14.5 Å². The molecule has 0 radical (unpaired) electrons. The molecule has 1 aliphatic carbocycles. The Morgan fingerprint density at radius 1 is 0.980 bits per heavy atom. The van der Waals surface area contributed by atoms with Crippen LogP contribution in [0.25, 0.3) is 0 Å². The van der Waals surface area contributed by atoms with Gasteiger partial charge in [0.1, 0.15) is 27.5 Å². The maximum absolute atomic E-state index is 15.3. The molecule has 260 valence electrons. The zero-order valence-corrected chi connectivity index (χ0v) is 28.0. The minimum Gasteiger partial charge on any atom is -0.346 e. The third-order valence-corrected chi connectivity index (χ3v) is 12.6. The van der Waals surface area contributed by atoms with Crippen LogP contribution in [0, 0.1) is 11.7 Å². The highest BCUT2D eigenvalue weighted by Gasteiger charge is 2.74. The number of fused-ring (bicyclic) bond motifs is 2. The molecule has 2 N–H and O–H groups in total. The summed E-state index contributed by atoms with van der Waals surface area (Å²) < 4.78 is 84.4. The molecule has 15 heteroatoms. The smallest absolute Gasteiger partial charge is 0.346 e. The van der Waals surface area contributed by atoms with Crippen LogP contribution in [0.3, 0.4) is 0 Å². The van der Waals surface area contributed by atoms with Crippen LogP contribution in [-0.4, -0.2) is 49.3 Å². The Morgan fingerprint density at radius 3 is 2.32 bits per heavy atom. The molecular formula is C35H31ClF4N5O4S+. The highest BCUT2D eigenvalue weighted by atomic mass is 35.5. The first kappa shape index (κ1) is 34.2. The molecule has 4 aromatic rings. The van der Waals surface area contributed by atoms with Crippen molar-refractivity contribution in [3.05, 3.63) is 118 Å². The van der Waals surface area contributed by atoms with E-state index in [0.29, 0.717) is 44.3 Å². The predicted molar refractivity (Wildman–Crippen MR) is 176 cm³/mol. The molecule has 0 bridgehead atoms. The Morgan fingerprint density at radius 2 is 1.66 bits per heavy atom. The number of alkyl halides is 3. The number of halogens is 5. The van der Waals surface area contributed by atoms with Crippen molar-refractivity contribution in [2.75, 3.05) is 13.1 Å². The molecule has 2 fully saturated rings. The number of hydrogen-bond donors (Lipinski definition) is 2. The Kier molecular flexibility index (Phi) is 8.56. The van der Waals surface area contributed by atoms with E-state index in [9.17, 15) is 22.4 Å². The van der Waals surface area contributed by atoms with Gasteiger partial charge in [-0.05, 0) is 99.4 Å². The Balaban J connectivity index is 1.43. The summed E-state index contributed by atoms with van der Waals surface area (Å²) >= 11 is 6.49. The van der Waals surface area contributed by atoms with Crippen molar-refractivity contribution in [3.8, 4) is 0 Å². The molecule has 2 unspecified atom stereocenters. The second kappa shape index (κ2) is 12.5. The van der Waals surface area contributed by atoms with E-state index in [1.807, 2.05) is 0 Å². The molecule has 2 amide bonds. The van der Waals surface area contributed by atoms with Gasteiger partial charge >= 0.3 is 22.1 Å². The van der Waals surface area contributed by atoms with Crippen molar-refractivity contribution < 1.29 is 35.6 Å². The van der Waals surface area contributed by atoms with E-state index < -0.39 is 61.3 Å². The van der Waals surface area contributed by atoms with Crippen LogP contribution in [0.15, 0.2) is 84.0 Å². The number of nitrogens with one attached hydrogen (secondary N) is 2. The van der Waals surface area contributed by atoms with Gasteiger partial charge in [0.15, 0.2) is 5.69 Å². The van der Waals surface area contributed by atoms with Gasteiger partial charge in [0, 0.05) is 35.5 Å². The van der Waals surface area contributed by atoms with E-state index in [0.717, 1.165) is 36.4 Å². The zero-order chi connectivity index (χ0) is 35.5. The zero-order valence-electron chi connectivity index (χ0n) is 26.4. The molecule has 1 saturated carbocycles. The van der Waals surface area contributed by atoms with Crippen molar-refractivity contribution in [2.45, 2.75) is 54.8 Å². The number of benzene rings is 2. The first-order chi connectivity index (χ1) is 23.8. The van der Waals surface area contributed by atoms with Gasteiger partial charge in [-0.25, -0.2) is 14.2 Å². The van der Waals surface area contributed by atoms with E-state index in [-0.39, 0.29) is 38.5 Å². The number of pyridine rings is 2. The van der Waals surface area contributed by atoms with Gasteiger partial charge in [-0.1, -0.05) is 11.6 Å². The third kappa shape index (κ3) is 5.40. The van der Waals surface area contributed by atoms with Crippen LogP contribution in [0.5, 0.6) is 0 Å². The Bertz CT molecular complexity index is 2100. The molecule has 3 aliphatic rings. The number of carbonyl (C=O) groups is 2. The normalized spacial score (nSPS) is 21.5. The fourth-order valence-electron chi connectivity index (χ4n) is 7.85. The fraction of sp³-hybridized carbons (Fsp3) is 0.314. The standard InChI is InChI=1S/C35H30ClF4N5O4S/c36-31-25(3-1-16-43-31)33(47)45(50(48,49)24-10-8-23(37)9-11-24)29-12-7-22(32(46)44-20-28-26(35(38,39)40)4-2-15-42-28)19-27(29)34(13-17-41-18-14-34)30(45)21-5-6-21/h1-4,7-12,15-16,19,21,30,41H,5-6,13-14,17-18,20H2/p+1. The second-order valence-corrected chi connectivity index (χ2v) is 15.2. The summed E-state index contributed by atoms with van der Waals surface area (Å²) in [5.41, 5.74) is -1.67. The highest BCUT2D eigenvalue weighted by Crippen LogP contribution is 2.63. The number of quaternary nitrogens is 1. The van der Waals surface area contributed by atoms with Gasteiger partial charge < -0.3 is 10.6 Å². The minimum absolute atomic E-state index is 0.0757. The molecular weight excluding hydrogens is 698 g/mol. The number of nitrogens with zero attached hydrogens (tertiary/aromatic N) is 3. The number of hydrogen-bond acceptors (Lipinski definition) is 7. The lowest BCUT2D eigenvalue weighted by atomic mass is 9.68. The highest BCUT2D eigenvalue weighted by molar-refractivity contribution is 7.91. The molecule has 2 atom stereocenters. The summed E-state index contributed by atoms with van der Waals surface area (Å²) in [6.45, 7) is 0.483. The van der Waals surface area contributed by atoms with Crippen molar-refractivity contribution in [3.63, 3.8) is 0 Å². The lowest BCUT2D eigenvalue weighted by molar-refractivity contribution is -0.138. The van der Waals surface area contributed by atoms with Crippen molar-refractivity contribution in [2.24, 2.45) is 5.92 Å². The van der Waals surface area contributed by atoms with E-state index in [4.69, 9.17) is 11.6 Å². The van der Waals surface area contributed by atoms with Crippen LogP contribution in [0.2, 0.25) is 5.15 Å². The number of rotatable bonds is 7. The molecule has 2 aromatic carbocycles. The summed E-state index contributed by atoms with van der Waals surface area (Å²) in [7, 11) is -4.72. The summed E-state index contributed by atoms with van der Waals surface area (Å²) in [6, 6.07) is 12.8. The maximum Gasteiger partial charge on any atom is 0.418 e. The number of aromatic nitrogens is 2. The number of carbonyl (C=O) groups excluding carboxylic acids is 2. The Hall–Kier alpha value is -4.24. The summed E-state index contributed by atoms with van der Waals surface area (Å²) in [5, 5.41) is 5.67. The molecule has 9 nitrogen and oxygen atoms in total. The lowest BCUT2D eigenvalue weighted by Crippen LogP contribution is -2.67. The average molecular weight is 729 g/mol. The fourth-order valence-corrected chi connectivity index (χ4v) is 10.3. The van der Waals surface area contributed by atoms with Gasteiger partial charge in [0.05, 0.1) is 23.2 Å². The van der Waals surface area contributed by atoms with E-state index >= 15 is 13.2 Å². The number of sulfonamides is 1. The lowest BCUT2D eigenvalue weighted by Gasteiger charge is -2.44. The largest absolute Gasteiger partial charge is 0.418 e. The van der Waals surface area contributed by atoms with E-state index in [1.54, 1.807) is 6.07 Å².